The van der Waals surface area contributed by atoms with E-state index in [0.29, 0.717) is 0 Å². The largest absolute Gasteiger partial charge is 0.656 e. The Bertz CT molecular complexity index is 807. The predicted molar refractivity (Wildman–Crippen MR) is 101 cm³/mol. The van der Waals surface area contributed by atoms with Crippen LogP contribution in [-0.2, 0) is 0 Å². The molecule has 24 heavy (non-hydrogen) atoms. The van der Waals surface area contributed by atoms with E-state index in [-0.39, 0.29) is 0 Å². The van der Waals surface area contributed by atoms with E-state index in [1.54, 1.807) is 0 Å². The van der Waals surface area contributed by atoms with E-state index in [4.69, 9.17) is 5.32 Å². The smallest absolute Gasteiger partial charge is 0.0457 e. The summed E-state index contributed by atoms with van der Waals surface area (Å²) >= 11 is 0. The van der Waals surface area contributed by atoms with Crippen LogP contribution < -0.4 is 5.32 Å². The lowest BCUT2D eigenvalue weighted by atomic mass is 10.1. The van der Waals surface area contributed by atoms with Crippen LogP contribution in [0.2, 0.25) is 0 Å². The van der Waals surface area contributed by atoms with Gasteiger partial charge in [0.2, 0.25) is 0 Å². The van der Waals surface area contributed by atoms with Crippen LogP contribution in [0.5, 0.6) is 0 Å². The molecule has 2 aromatic rings. The Morgan fingerprint density at radius 1 is 0.667 bits per heavy atom. The van der Waals surface area contributed by atoms with Crippen molar-refractivity contribution < 1.29 is 0 Å². The van der Waals surface area contributed by atoms with Crippen molar-refractivity contribution in [1.29, 1.82) is 0 Å². The van der Waals surface area contributed by atoms with Gasteiger partial charge in [0.05, 0.1) is 0 Å². The highest BCUT2D eigenvalue weighted by Gasteiger charge is 2.06. The SMILES string of the molecule is C1=C/C(=C2/C=CC=C(c3ccccc3)N2)[N-]C(c2ccccc2)=C1. The lowest BCUT2D eigenvalue weighted by Crippen LogP contribution is -2.15. The van der Waals surface area contributed by atoms with Gasteiger partial charge in [0.15, 0.2) is 0 Å². The number of nitrogens with zero attached hydrogens (tertiary/aromatic N) is 1. The monoisotopic (exact) mass is 309 g/mol. The topological polar surface area (TPSA) is 26.1 Å². The zero-order chi connectivity index (χ0) is 16.2. The minimum absolute atomic E-state index is 0.939. The molecule has 0 saturated heterocycles. The highest BCUT2D eigenvalue weighted by molar-refractivity contribution is 5.82. The van der Waals surface area contributed by atoms with Crippen LogP contribution in [0.3, 0.4) is 0 Å². The Morgan fingerprint density at radius 2 is 1.33 bits per heavy atom. The maximum atomic E-state index is 4.82. The predicted octanol–water partition coefficient (Wildman–Crippen LogP) is 5.38. The maximum Gasteiger partial charge on any atom is 0.0457 e. The van der Waals surface area contributed by atoms with Gasteiger partial charge in [-0.3, -0.25) is 0 Å². The lowest BCUT2D eigenvalue weighted by Gasteiger charge is -2.33. The molecule has 0 atom stereocenters. The van der Waals surface area contributed by atoms with Crippen molar-refractivity contribution in [1.82, 2.24) is 5.32 Å². The molecule has 0 radical (unpaired) electrons. The fourth-order valence-corrected chi connectivity index (χ4v) is 2.76. The second-order valence-corrected chi connectivity index (χ2v) is 5.62. The van der Waals surface area contributed by atoms with Crippen molar-refractivity contribution in [3.05, 3.63) is 125 Å². The molecule has 2 aliphatic heterocycles. The Kier molecular flexibility index (Phi) is 3.86. The summed E-state index contributed by atoms with van der Waals surface area (Å²) in [5.41, 5.74) is 6.30. The van der Waals surface area contributed by atoms with Gasteiger partial charge in [-0.05, 0) is 23.3 Å². The highest BCUT2D eigenvalue weighted by atomic mass is 15.0. The first-order valence-electron chi connectivity index (χ1n) is 8.01. The first-order chi connectivity index (χ1) is 11.9. The number of hydrogen-bond acceptors (Lipinski definition) is 1. The van der Waals surface area contributed by atoms with Gasteiger partial charge in [0, 0.05) is 11.4 Å². The van der Waals surface area contributed by atoms with Gasteiger partial charge in [-0.15, -0.1) is 11.4 Å². The van der Waals surface area contributed by atoms with E-state index in [0.717, 1.165) is 28.4 Å². The van der Waals surface area contributed by atoms with Crippen LogP contribution in [0.4, 0.5) is 0 Å². The van der Waals surface area contributed by atoms with Gasteiger partial charge >= 0.3 is 0 Å². The van der Waals surface area contributed by atoms with E-state index < -0.39 is 0 Å². The number of nitrogens with one attached hydrogen (secondary N) is 1. The Morgan fingerprint density at radius 3 is 2.08 bits per heavy atom. The third kappa shape index (κ3) is 2.95. The molecule has 2 aliphatic rings. The molecule has 0 aliphatic carbocycles. The maximum absolute atomic E-state index is 4.82. The Hall–Kier alpha value is -3.26. The summed E-state index contributed by atoms with van der Waals surface area (Å²) in [6.45, 7) is 0. The molecule has 2 nitrogen and oxygen atoms in total. The van der Waals surface area contributed by atoms with Crippen LogP contribution >= 0.6 is 0 Å². The van der Waals surface area contributed by atoms with Gasteiger partial charge in [0.25, 0.3) is 0 Å². The second-order valence-electron chi connectivity index (χ2n) is 5.62. The van der Waals surface area contributed by atoms with Crippen LogP contribution in [-0.4, -0.2) is 0 Å². The van der Waals surface area contributed by atoms with Gasteiger partial charge in [-0.25, -0.2) is 0 Å². The zero-order valence-electron chi connectivity index (χ0n) is 13.2. The third-order valence-corrected chi connectivity index (χ3v) is 3.97. The second kappa shape index (κ2) is 6.47. The molecular formula is C22H17N2-. The molecule has 0 saturated carbocycles. The van der Waals surface area contributed by atoms with E-state index in [9.17, 15) is 0 Å². The Labute approximate surface area is 142 Å². The minimum Gasteiger partial charge on any atom is -0.656 e. The molecule has 1 N–H and O–H groups in total. The Balaban J connectivity index is 1.60. The summed E-state index contributed by atoms with van der Waals surface area (Å²) in [7, 11) is 0. The van der Waals surface area contributed by atoms with Gasteiger partial charge < -0.3 is 10.6 Å². The number of allylic oxidation sites excluding steroid dienone is 6. The van der Waals surface area contributed by atoms with Crippen molar-refractivity contribution in [2.75, 3.05) is 0 Å². The summed E-state index contributed by atoms with van der Waals surface area (Å²) in [6.07, 6.45) is 12.3. The summed E-state index contributed by atoms with van der Waals surface area (Å²) in [5, 5.41) is 8.31. The standard InChI is InChI=1S/C22H17N2/c1-3-9-17(10-4-1)19-13-7-15-21(23-19)22-16-8-14-20(24-22)18-11-5-2-6-12-18/h1-16,23H/q-1/b22-21+. The first-order valence-corrected chi connectivity index (χ1v) is 8.01. The van der Waals surface area contributed by atoms with Crippen LogP contribution in [0.15, 0.2) is 109 Å². The quantitative estimate of drug-likeness (QED) is 0.791. The van der Waals surface area contributed by atoms with E-state index in [1.807, 2.05) is 54.6 Å². The average molecular weight is 309 g/mol. The van der Waals surface area contributed by atoms with Crippen molar-refractivity contribution in [3.8, 4) is 0 Å². The van der Waals surface area contributed by atoms with Crippen molar-refractivity contribution >= 4 is 11.4 Å². The van der Waals surface area contributed by atoms with Crippen LogP contribution in [0.1, 0.15) is 11.1 Å². The van der Waals surface area contributed by atoms with Crippen LogP contribution in [0, 0.1) is 0 Å². The molecule has 0 amide bonds. The molecule has 0 fully saturated rings. The molecule has 0 spiro atoms. The molecule has 0 unspecified atom stereocenters. The molecular weight excluding hydrogens is 292 g/mol. The number of dihydropyridines is 1. The first kappa shape index (κ1) is 14.3. The van der Waals surface area contributed by atoms with E-state index in [1.165, 1.54) is 5.56 Å². The highest BCUT2D eigenvalue weighted by Crippen LogP contribution is 2.32. The fourth-order valence-electron chi connectivity index (χ4n) is 2.76. The van der Waals surface area contributed by atoms with Gasteiger partial charge in [0.1, 0.15) is 0 Å². The number of rotatable bonds is 2. The molecule has 4 rings (SSSR count). The molecule has 0 aromatic heterocycles. The van der Waals surface area contributed by atoms with Crippen molar-refractivity contribution in [2.24, 2.45) is 0 Å². The summed E-state index contributed by atoms with van der Waals surface area (Å²) < 4.78 is 0. The van der Waals surface area contributed by atoms with Gasteiger partial charge in [-0.1, -0.05) is 85.0 Å². The van der Waals surface area contributed by atoms with E-state index >= 15 is 0 Å². The minimum atomic E-state index is 0.939. The number of benzene rings is 2. The van der Waals surface area contributed by atoms with Crippen molar-refractivity contribution in [3.63, 3.8) is 0 Å². The van der Waals surface area contributed by atoms with Crippen molar-refractivity contribution in [2.45, 2.75) is 0 Å². The van der Waals surface area contributed by atoms with E-state index in [2.05, 4.69) is 47.8 Å². The molecule has 0 bridgehead atoms. The molecule has 2 aromatic carbocycles. The fraction of sp³-hybridized carbons (Fsp3) is 0. The zero-order valence-corrected chi connectivity index (χ0v) is 13.2. The lowest BCUT2D eigenvalue weighted by molar-refractivity contribution is 1.10. The summed E-state index contributed by atoms with van der Waals surface area (Å²) in [6, 6.07) is 20.6. The molecule has 2 heterocycles. The van der Waals surface area contributed by atoms with Gasteiger partial charge in [-0.2, -0.15) is 0 Å². The number of hydrogen-bond donors (Lipinski definition) is 1. The van der Waals surface area contributed by atoms with Crippen LogP contribution in [0.25, 0.3) is 16.7 Å². The third-order valence-electron chi connectivity index (χ3n) is 3.97. The molecule has 2 heteroatoms. The summed E-state index contributed by atoms with van der Waals surface area (Å²) in [5.74, 6) is 0. The normalized spacial score (nSPS) is 19.2. The average Bonchev–Trinajstić information content (AvgIpc) is 2.70. The molecule has 116 valence electrons. The summed E-state index contributed by atoms with van der Waals surface area (Å²) in [4.78, 5) is 0.